The van der Waals surface area contributed by atoms with E-state index in [1.165, 1.54) is 12.5 Å². The Hall–Kier alpha value is -2.11. The highest BCUT2D eigenvalue weighted by Crippen LogP contribution is 2.65. The van der Waals surface area contributed by atoms with Gasteiger partial charge in [0, 0.05) is 23.7 Å². The Morgan fingerprint density at radius 2 is 1.96 bits per heavy atom. The van der Waals surface area contributed by atoms with Crippen LogP contribution in [0.5, 0.6) is 0 Å². The fraction of sp³-hybridized carbons (Fsp3) is 0.650. The van der Waals surface area contributed by atoms with Crippen LogP contribution in [0, 0.1) is 26.9 Å². The highest BCUT2D eigenvalue weighted by molar-refractivity contribution is 5.96. The predicted octanol–water partition coefficient (Wildman–Crippen LogP) is 4.11. The van der Waals surface area contributed by atoms with Crippen molar-refractivity contribution in [1.29, 1.82) is 0 Å². The summed E-state index contributed by atoms with van der Waals surface area (Å²) < 4.78 is 0. The molecule has 1 aromatic rings. The maximum absolute atomic E-state index is 12.8. The number of carbonyl (C=O) groups excluding carboxylic acids is 1. The summed E-state index contributed by atoms with van der Waals surface area (Å²) >= 11 is 0. The summed E-state index contributed by atoms with van der Waals surface area (Å²) in [5.74, 6) is 0.429. The van der Waals surface area contributed by atoms with Gasteiger partial charge in [0.05, 0.1) is 4.92 Å². The van der Waals surface area contributed by atoms with Gasteiger partial charge >= 0.3 is 0 Å². The smallest absolute Gasteiger partial charge is 0.293 e. The van der Waals surface area contributed by atoms with Crippen LogP contribution in [0.3, 0.4) is 0 Å². The molecular weight excluding hydrogens is 330 g/mol. The van der Waals surface area contributed by atoms with Crippen molar-refractivity contribution in [3.05, 3.63) is 33.9 Å². The van der Waals surface area contributed by atoms with Gasteiger partial charge in [0.15, 0.2) is 0 Å². The fourth-order valence-corrected chi connectivity index (χ4v) is 5.06. The molecule has 0 aliphatic heterocycles. The fourth-order valence-electron chi connectivity index (χ4n) is 5.06. The van der Waals surface area contributed by atoms with Crippen LogP contribution in [-0.4, -0.2) is 22.9 Å². The number of carbonyl (C=O) groups is 1. The number of nitro groups is 1. The maximum atomic E-state index is 12.8. The average molecular weight is 357 g/mol. The van der Waals surface area contributed by atoms with E-state index in [0.717, 1.165) is 25.7 Å². The number of nitrogens with one attached hydrogen (secondary N) is 2. The molecule has 6 heteroatoms. The van der Waals surface area contributed by atoms with Gasteiger partial charge in [-0.25, -0.2) is 0 Å². The SMILES string of the molecule is CC1(C)C2CCC1(C)C(NC(=O)c1ccc(NC3CC3)c([N+](=O)[O-])c1)C2. The second-order valence-corrected chi connectivity index (χ2v) is 9.04. The summed E-state index contributed by atoms with van der Waals surface area (Å²) in [6, 6.07) is 5.21. The van der Waals surface area contributed by atoms with E-state index in [4.69, 9.17) is 0 Å². The first-order chi connectivity index (χ1) is 12.2. The molecule has 0 radical (unpaired) electrons. The molecule has 0 spiro atoms. The van der Waals surface area contributed by atoms with Gasteiger partial charge in [-0.2, -0.15) is 0 Å². The van der Waals surface area contributed by atoms with Crippen LogP contribution in [-0.2, 0) is 0 Å². The topological polar surface area (TPSA) is 84.3 Å². The number of rotatable bonds is 5. The van der Waals surface area contributed by atoms with Crippen LogP contribution in [0.25, 0.3) is 0 Å². The van der Waals surface area contributed by atoms with Gasteiger partial charge in [-0.1, -0.05) is 20.8 Å². The molecule has 4 rings (SSSR count). The Kier molecular flexibility index (Phi) is 3.79. The van der Waals surface area contributed by atoms with Crippen molar-refractivity contribution in [1.82, 2.24) is 5.32 Å². The zero-order valence-corrected chi connectivity index (χ0v) is 15.7. The molecule has 140 valence electrons. The van der Waals surface area contributed by atoms with Gasteiger partial charge in [-0.05, 0) is 61.0 Å². The molecular formula is C20H27N3O3. The number of anilines is 1. The first-order valence-corrected chi connectivity index (χ1v) is 9.58. The molecule has 3 unspecified atom stereocenters. The highest BCUT2D eigenvalue weighted by atomic mass is 16.6. The number of fused-ring (bicyclic) bond motifs is 2. The average Bonchev–Trinajstić information content (AvgIpc) is 3.34. The molecule has 1 amide bonds. The monoisotopic (exact) mass is 357 g/mol. The third-order valence-corrected chi connectivity index (χ3v) is 7.49. The molecule has 6 nitrogen and oxygen atoms in total. The largest absolute Gasteiger partial charge is 0.377 e. The molecule has 3 atom stereocenters. The predicted molar refractivity (Wildman–Crippen MR) is 100 cm³/mol. The number of nitrogens with zero attached hydrogens (tertiary/aromatic N) is 1. The minimum atomic E-state index is -0.413. The summed E-state index contributed by atoms with van der Waals surface area (Å²) in [5, 5.41) is 17.8. The molecule has 3 aliphatic rings. The lowest BCUT2D eigenvalue weighted by atomic mass is 9.69. The van der Waals surface area contributed by atoms with Crippen molar-refractivity contribution in [2.45, 2.75) is 65.0 Å². The Morgan fingerprint density at radius 1 is 1.23 bits per heavy atom. The first-order valence-electron chi connectivity index (χ1n) is 9.58. The summed E-state index contributed by atoms with van der Waals surface area (Å²) in [7, 11) is 0. The minimum Gasteiger partial charge on any atom is -0.377 e. The van der Waals surface area contributed by atoms with Crippen molar-refractivity contribution in [2.24, 2.45) is 16.7 Å². The van der Waals surface area contributed by atoms with E-state index in [9.17, 15) is 14.9 Å². The second-order valence-electron chi connectivity index (χ2n) is 9.04. The lowest BCUT2D eigenvalue weighted by Gasteiger charge is -2.39. The minimum absolute atomic E-state index is 0.0240. The summed E-state index contributed by atoms with van der Waals surface area (Å²) in [5.41, 5.74) is 1.15. The Labute approximate surface area is 153 Å². The molecule has 3 fully saturated rings. The van der Waals surface area contributed by atoms with Crippen LogP contribution in [0.1, 0.15) is 63.2 Å². The third-order valence-electron chi connectivity index (χ3n) is 7.49. The van der Waals surface area contributed by atoms with E-state index in [2.05, 4.69) is 31.4 Å². The van der Waals surface area contributed by atoms with E-state index in [0.29, 0.717) is 23.2 Å². The highest BCUT2D eigenvalue weighted by Gasteiger charge is 2.61. The number of amides is 1. The van der Waals surface area contributed by atoms with Gasteiger partial charge in [0.25, 0.3) is 11.6 Å². The van der Waals surface area contributed by atoms with Gasteiger partial charge in [-0.15, -0.1) is 0 Å². The molecule has 2 N–H and O–H groups in total. The summed E-state index contributed by atoms with van der Waals surface area (Å²) in [6.45, 7) is 6.88. The van der Waals surface area contributed by atoms with E-state index in [1.54, 1.807) is 12.1 Å². The van der Waals surface area contributed by atoms with E-state index >= 15 is 0 Å². The third kappa shape index (κ3) is 2.58. The van der Waals surface area contributed by atoms with Gasteiger partial charge < -0.3 is 10.6 Å². The molecule has 1 aromatic carbocycles. The maximum Gasteiger partial charge on any atom is 0.293 e. The second kappa shape index (κ2) is 5.69. The van der Waals surface area contributed by atoms with Gasteiger partial charge in [0.1, 0.15) is 5.69 Å². The van der Waals surface area contributed by atoms with Crippen LogP contribution < -0.4 is 10.6 Å². The lowest BCUT2D eigenvalue weighted by Crippen LogP contribution is -2.46. The Balaban J connectivity index is 1.53. The van der Waals surface area contributed by atoms with Gasteiger partial charge in [-0.3, -0.25) is 14.9 Å². The molecule has 2 bridgehead atoms. The molecule has 3 aliphatic carbocycles. The van der Waals surface area contributed by atoms with E-state index < -0.39 is 4.92 Å². The lowest BCUT2D eigenvalue weighted by molar-refractivity contribution is -0.384. The Morgan fingerprint density at radius 3 is 2.50 bits per heavy atom. The quantitative estimate of drug-likeness (QED) is 0.613. The number of hydrogen-bond donors (Lipinski definition) is 2. The van der Waals surface area contributed by atoms with Crippen molar-refractivity contribution >= 4 is 17.3 Å². The number of hydrogen-bond acceptors (Lipinski definition) is 4. The van der Waals surface area contributed by atoms with Crippen molar-refractivity contribution in [3.8, 4) is 0 Å². The van der Waals surface area contributed by atoms with Crippen molar-refractivity contribution in [3.63, 3.8) is 0 Å². The van der Waals surface area contributed by atoms with Crippen LogP contribution in [0.2, 0.25) is 0 Å². The van der Waals surface area contributed by atoms with Crippen molar-refractivity contribution in [2.75, 3.05) is 5.32 Å². The molecule has 0 saturated heterocycles. The summed E-state index contributed by atoms with van der Waals surface area (Å²) in [4.78, 5) is 23.8. The van der Waals surface area contributed by atoms with Crippen molar-refractivity contribution < 1.29 is 9.72 Å². The Bertz CT molecular complexity index is 772. The first kappa shape index (κ1) is 17.3. The summed E-state index contributed by atoms with van der Waals surface area (Å²) in [6.07, 6.45) is 5.43. The van der Waals surface area contributed by atoms with E-state index in [1.807, 2.05) is 0 Å². The van der Waals surface area contributed by atoms with E-state index in [-0.39, 0.29) is 28.5 Å². The standard InChI is InChI=1S/C20H27N3O3/c1-19(2)13-8-9-20(19,3)17(11-13)22-18(24)12-4-7-15(21-14-5-6-14)16(10-12)23(25)26/h4,7,10,13-14,17,21H,5-6,8-9,11H2,1-3H3,(H,22,24). The molecule has 0 heterocycles. The van der Waals surface area contributed by atoms with Crippen LogP contribution in [0.15, 0.2) is 18.2 Å². The van der Waals surface area contributed by atoms with Crippen LogP contribution >= 0.6 is 0 Å². The van der Waals surface area contributed by atoms with Gasteiger partial charge in [0.2, 0.25) is 0 Å². The molecule has 26 heavy (non-hydrogen) atoms. The zero-order chi connectivity index (χ0) is 18.7. The molecule has 0 aromatic heterocycles. The molecule has 3 saturated carbocycles. The number of benzene rings is 1. The normalized spacial score (nSPS) is 31.7. The zero-order valence-electron chi connectivity index (χ0n) is 15.7. The number of nitro benzene ring substituents is 1. The van der Waals surface area contributed by atoms with Crippen LogP contribution in [0.4, 0.5) is 11.4 Å².